The molecule has 0 bridgehead atoms. The minimum Gasteiger partial charge on any atom is -0.360 e. The number of nitro groups is 1. The summed E-state index contributed by atoms with van der Waals surface area (Å²) in [6, 6.07) is 30.3. The maximum atomic E-state index is 12.9. The minimum absolute atomic E-state index is 0.0483. The number of carbonyl (C=O) groups excluding carboxylic acids is 2. The van der Waals surface area contributed by atoms with Crippen molar-refractivity contribution < 1.29 is 14.5 Å². The maximum absolute atomic E-state index is 12.9. The first-order valence-corrected chi connectivity index (χ1v) is 14.5. The first-order valence-electron chi connectivity index (χ1n) is 13.5. The second-order valence-electron chi connectivity index (χ2n) is 9.69. The van der Waals surface area contributed by atoms with E-state index in [1.54, 1.807) is 36.4 Å². The Morgan fingerprint density at radius 1 is 0.932 bits per heavy atom. The van der Waals surface area contributed by atoms with E-state index in [1.807, 2.05) is 65.4 Å². The molecule has 0 atom stereocenters. The lowest BCUT2D eigenvalue weighted by Crippen LogP contribution is -2.14. The molecule has 0 aliphatic carbocycles. The van der Waals surface area contributed by atoms with Gasteiger partial charge in [0.05, 0.1) is 10.7 Å². The number of nitro benzene ring substituents is 1. The van der Waals surface area contributed by atoms with Crippen LogP contribution in [0.1, 0.15) is 15.9 Å². The number of thioether (sulfide) groups is 1. The van der Waals surface area contributed by atoms with Crippen molar-refractivity contribution in [3.8, 4) is 17.1 Å². The Hall–Kier alpha value is -5.81. The van der Waals surface area contributed by atoms with E-state index in [9.17, 15) is 19.7 Å². The van der Waals surface area contributed by atoms with Crippen molar-refractivity contribution in [3.05, 3.63) is 137 Å². The normalized spacial score (nSPS) is 11.2. The molecule has 216 valence electrons. The summed E-state index contributed by atoms with van der Waals surface area (Å²) in [6.07, 6.45) is 4.80. The summed E-state index contributed by atoms with van der Waals surface area (Å²) in [6.45, 7) is 0. The molecule has 0 aliphatic rings. The van der Waals surface area contributed by atoms with Gasteiger partial charge in [0.15, 0.2) is 16.8 Å². The molecule has 10 nitrogen and oxygen atoms in total. The van der Waals surface area contributed by atoms with Crippen molar-refractivity contribution in [2.24, 2.45) is 0 Å². The van der Waals surface area contributed by atoms with Gasteiger partial charge in [-0.3, -0.25) is 24.3 Å². The Kier molecular flexibility index (Phi) is 8.10. The van der Waals surface area contributed by atoms with E-state index >= 15 is 0 Å². The van der Waals surface area contributed by atoms with Gasteiger partial charge >= 0.3 is 0 Å². The summed E-state index contributed by atoms with van der Waals surface area (Å²) in [4.78, 5) is 39.3. The van der Waals surface area contributed by atoms with Gasteiger partial charge in [0.2, 0.25) is 5.91 Å². The summed E-state index contributed by atoms with van der Waals surface area (Å²) < 4.78 is 1.94. The number of rotatable bonds is 10. The van der Waals surface area contributed by atoms with Crippen LogP contribution in [-0.2, 0) is 4.79 Å². The van der Waals surface area contributed by atoms with Gasteiger partial charge in [-0.05, 0) is 54.1 Å². The topological polar surface area (TPSA) is 136 Å². The molecule has 6 aromatic rings. The standard InChI is InChI=1S/C33H24N6O4S/c40-30(18-13-22-7-6-10-26(19-22)39(42)43)23-14-16-24(17-15-23)35-31(41)21-44-33-37-36-32(38(33)25-8-2-1-3-9-25)28-20-34-29-12-5-4-11-27(28)29/h1-20,34H,21H2,(H,35,41)/b18-13+. The highest BCUT2D eigenvalue weighted by Gasteiger charge is 2.19. The molecular weight excluding hydrogens is 576 g/mol. The van der Waals surface area contributed by atoms with E-state index in [1.165, 1.54) is 36.0 Å². The fourth-order valence-electron chi connectivity index (χ4n) is 4.66. The summed E-state index contributed by atoms with van der Waals surface area (Å²) in [5, 5.41) is 24.3. The number of nitrogens with zero attached hydrogens (tertiary/aromatic N) is 4. The van der Waals surface area contributed by atoms with E-state index in [4.69, 9.17) is 0 Å². The van der Waals surface area contributed by atoms with Crippen LogP contribution >= 0.6 is 11.8 Å². The Bertz CT molecular complexity index is 2020. The third-order valence-electron chi connectivity index (χ3n) is 6.77. The number of carbonyl (C=O) groups is 2. The van der Waals surface area contributed by atoms with Crippen LogP contribution in [0.5, 0.6) is 0 Å². The van der Waals surface area contributed by atoms with Crippen LogP contribution in [0.3, 0.4) is 0 Å². The third-order valence-corrected chi connectivity index (χ3v) is 7.70. The number of hydrogen-bond donors (Lipinski definition) is 2. The second kappa shape index (κ2) is 12.6. The van der Waals surface area contributed by atoms with Crippen molar-refractivity contribution in [2.45, 2.75) is 5.16 Å². The lowest BCUT2D eigenvalue weighted by molar-refractivity contribution is -0.384. The van der Waals surface area contributed by atoms with Crippen LogP contribution in [0.25, 0.3) is 34.1 Å². The number of H-pyrrole nitrogens is 1. The first-order chi connectivity index (χ1) is 21.5. The van der Waals surface area contributed by atoms with Gasteiger partial charge in [-0.1, -0.05) is 66.4 Å². The molecule has 0 fully saturated rings. The monoisotopic (exact) mass is 600 g/mol. The van der Waals surface area contributed by atoms with Crippen LogP contribution in [0.2, 0.25) is 0 Å². The number of aromatic nitrogens is 4. The fraction of sp³-hybridized carbons (Fsp3) is 0.0303. The molecule has 0 saturated carbocycles. The molecule has 0 aliphatic heterocycles. The molecule has 2 heterocycles. The number of allylic oxidation sites excluding steroid dienone is 1. The average molecular weight is 601 g/mol. The van der Waals surface area contributed by atoms with Gasteiger partial charge < -0.3 is 10.3 Å². The summed E-state index contributed by atoms with van der Waals surface area (Å²) >= 11 is 1.27. The molecule has 44 heavy (non-hydrogen) atoms. The van der Waals surface area contributed by atoms with Gasteiger partial charge in [-0.25, -0.2) is 0 Å². The summed E-state index contributed by atoms with van der Waals surface area (Å²) in [5.74, 6) is 0.245. The van der Waals surface area contributed by atoms with Crippen LogP contribution in [-0.4, -0.2) is 42.1 Å². The van der Waals surface area contributed by atoms with Crippen molar-refractivity contribution in [1.82, 2.24) is 19.7 Å². The van der Waals surface area contributed by atoms with Gasteiger partial charge in [-0.15, -0.1) is 10.2 Å². The Balaban J connectivity index is 1.13. The Morgan fingerprint density at radius 3 is 2.50 bits per heavy atom. The Labute approximate surface area is 255 Å². The number of fused-ring (bicyclic) bond motifs is 1. The van der Waals surface area contributed by atoms with E-state index in [2.05, 4.69) is 20.5 Å². The summed E-state index contributed by atoms with van der Waals surface area (Å²) in [7, 11) is 0. The zero-order chi connectivity index (χ0) is 30.5. The average Bonchev–Trinajstić information content (AvgIpc) is 3.68. The number of amides is 1. The molecule has 1 amide bonds. The summed E-state index contributed by atoms with van der Waals surface area (Å²) in [5.41, 5.74) is 4.23. The molecular formula is C33H24N6O4S. The van der Waals surface area contributed by atoms with E-state index in [0.29, 0.717) is 27.8 Å². The molecule has 4 aromatic carbocycles. The van der Waals surface area contributed by atoms with Crippen LogP contribution < -0.4 is 5.32 Å². The van der Waals surface area contributed by atoms with Crippen LogP contribution in [0.4, 0.5) is 11.4 Å². The first kappa shape index (κ1) is 28.3. The number of anilines is 1. The predicted octanol–water partition coefficient (Wildman–Crippen LogP) is 6.95. The van der Waals surface area contributed by atoms with E-state index in [-0.39, 0.29) is 23.1 Å². The molecule has 0 radical (unpaired) electrons. The van der Waals surface area contributed by atoms with Crippen LogP contribution in [0.15, 0.2) is 121 Å². The van der Waals surface area contributed by atoms with Gasteiger partial charge in [0.1, 0.15) is 0 Å². The van der Waals surface area contributed by atoms with Crippen molar-refractivity contribution >= 4 is 51.8 Å². The highest BCUT2D eigenvalue weighted by Crippen LogP contribution is 2.32. The van der Waals surface area contributed by atoms with Crippen molar-refractivity contribution in [2.75, 3.05) is 11.1 Å². The fourth-order valence-corrected chi connectivity index (χ4v) is 5.41. The maximum Gasteiger partial charge on any atom is 0.270 e. The van der Waals surface area contributed by atoms with Gasteiger partial charge in [0.25, 0.3) is 5.69 Å². The molecule has 0 unspecified atom stereocenters. The quantitative estimate of drug-likeness (QED) is 0.0571. The molecule has 0 spiro atoms. The van der Waals surface area contributed by atoms with Gasteiger partial charge in [-0.2, -0.15) is 0 Å². The SMILES string of the molecule is O=C(CSc1nnc(-c2c[nH]c3ccccc23)n1-c1ccccc1)Nc1ccc(C(=O)/C=C/c2cccc([N+](=O)[O-])c2)cc1. The minimum atomic E-state index is -0.485. The Morgan fingerprint density at radius 2 is 1.70 bits per heavy atom. The number of non-ortho nitro benzene ring substituents is 1. The van der Waals surface area contributed by atoms with Crippen LogP contribution in [0, 0.1) is 10.1 Å². The van der Waals surface area contributed by atoms with Crippen molar-refractivity contribution in [3.63, 3.8) is 0 Å². The number of hydrogen-bond acceptors (Lipinski definition) is 7. The zero-order valence-electron chi connectivity index (χ0n) is 23.1. The van der Waals surface area contributed by atoms with Crippen molar-refractivity contribution in [1.29, 1.82) is 0 Å². The molecule has 0 saturated heterocycles. The largest absolute Gasteiger partial charge is 0.360 e. The molecule has 2 N–H and O–H groups in total. The van der Waals surface area contributed by atoms with E-state index in [0.717, 1.165) is 22.2 Å². The highest BCUT2D eigenvalue weighted by atomic mass is 32.2. The van der Waals surface area contributed by atoms with E-state index < -0.39 is 4.92 Å². The second-order valence-corrected chi connectivity index (χ2v) is 10.6. The number of ketones is 1. The van der Waals surface area contributed by atoms with Gasteiger partial charge in [0, 0.05) is 51.7 Å². The lowest BCUT2D eigenvalue weighted by Gasteiger charge is -2.10. The molecule has 11 heteroatoms. The molecule has 6 rings (SSSR count). The third kappa shape index (κ3) is 6.18. The highest BCUT2D eigenvalue weighted by molar-refractivity contribution is 7.99. The number of nitrogens with one attached hydrogen (secondary N) is 2. The predicted molar refractivity (Wildman–Crippen MR) is 171 cm³/mol. The number of benzene rings is 4. The lowest BCUT2D eigenvalue weighted by atomic mass is 10.1. The molecule has 2 aromatic heterocycles. The number of aromatic amines is 1. The number of para-hydroxylation sites is 2. The zero-order valence-corrected chi connectivity index (χ0v) is 23.9. The smallest absolute Gasteiger partial charge is 0.270 e.